The van der Waals surface area contributed by atoms with E-state index < -0.39 is 12.1 Å². The third kappa shape index (κ3) is 3.24. The molecule has 0 aliphatic carbocycles. The molecule has 1 heterocycles. The van der Waals surface area contributed by atoms with Gasteiger partial charge in [-0.3, -0.25) is 15.2 Å². The Bertz CT molecular complexity index is 708. The number of halogens is 4. The Hall–Kier alpha value is -2.29. The molecule has 0 aliphatic heterocycles. The maximum atomic E-state index is 12.2. The zero-order chi connectivity index (χ0) is 15.8. The zero-order valence-corrected chi connectivity index (χ0v) is 11.2. The van der Waals surface area contributed by atoms with Gasteiger partial charge in [-0.25, -0.2) is 4.98 Å². The summed E-state index contributed by atoms with van der Waals surface area (Å²) in [6.07, 6.45) is -4.11. The summed E-state index contributed by atoms with van der Waals surface area (Å²) >= 11 is 5.74. The molecule has 1 amide bonds. The molecule has 0 aliphatic rings. The number of benzene rings is 1. The lowest BCUT2D eigenvalue weighted by molar-refractivity contribution is -0.576. The topological polar surface area (TPSA) is 72.2 Å². The van der Waals surface area contributed by atoms with Gasteiger partial charge in [-0.05, 0) is 12.1 Å². The number of rotatable bonds is 2. The van der Waals surface area contributed by atoms with E-state index in [1.807, 2.05) is 0 Å². The van der Waals surface area contributed by atoms with Gasteiger partial charge >= 0.3 is 12.1 Å². The summed E-state index contributed by atoms with van der Waals surface area (Å²) in [6, 6.07) is 4.29. The smallest absolute Gasteiger partial charge is 0.472 e. The molecule has 0 bridgehead atoms. The van der Waals surface area contributed by atoms with Gasteiger partial charge in [0.15, 0.2) is 0 Å². The Balaban J connectivity index is 2.34. The first-order chi connectivity index (χ1) is 9.68. The van der Waals surface area contributed by atoms with E-state index in [1.165, 1.54) is 18.2 Å². The number of amides is 1. The Labute approximate surface area is 121 Å². The molecule has 0 spiro atoms. The molecule has 0 saturated carbocycles. The SMILES string of the molecule is CN(NC(=O)C(F)(F)F)c1c[n+]([O-])c2cc(Cl)ccc2n1. The Morgan fingerprint density at radius 2 is 2.14 bits per heavy atom. The van der Waals surface area contributed by atoms with Crippen molar-refractivity contribution in [2.75, 3.05) is 12.1 Å². The van der Waals surface area contributed by atoms with Crippen molar-refractivity contribution in [2.45, 2.75) is 6.18 Å². The zero-order valence-electron chi connectivity index (χ0n) is 10.5. The summed E-state index contributed by atoms with van der Waals surface area (Å²) in [5.41, 5.74) is 1.94. The van der Waals surface area contributed by atoms with E-state index in [4.69, 9.17) is 11.6 Å². The number of aromatic nitrogens is 2. The first-order valence-corrected chi connectivity index (χ1v) is 5.87. The second-order valence-electron chi connectivity index (χ2n) is 4.06. The van der Waals surface area contributed by atoms with E-state index >= 15 is 0 Å². The monoisotopic (exact) mass is 320 g/mol. The van der Waals surface area contributed by atoms with E-state index in [0.717, 1.165) is 13.2 Å². The van der Waals surface area contributed by atoms with Gasteiger partial charge in [-0.1, -0.05) is 11.6 Å². The average Bonchev–Trinajstić information content (AvgIpc) is 2.38. The normalized spacial score (nSPS) is 11.5. The number of nitrogens with zero attached hydrogens (tertiary/aromatic N) is 3. The minimum absolute atomic E-state index is 0.154. The van der Waals surface area contributed by atoms with Crippen molar-refractivity contribution in [2.24, 2.45) is 0 Å². The predicted octanol–water partition coefficient (Wildman–Crippen LogP) is 1.55. The van der Waals surface area contributed by atoms with Crippen LogP contribution in [0.25, 0.3) is 11.0 Å². The van der Waals surface area contributed by atoms with Gasteiger partial charge < -0.3 is 5.21 Å². The minimum Gasteiger partial charge on any atom is -0.618 e. The fraction of sp³-hybridized carbons (Fsp3) is 0.182. The molecule has 21 heavy (non-hydrogen) atoms. The highest BCUT2D eigenvalue weighted by atomic mass is 35.5. The van der Waals surface area contributed by atoms with Crippen LogP contribution in [-0.2, 0) is 4.79 Å². The molecule has 2 aromatic rings. The van der Waals surface area contributed by atoms with Crippen molar-refractivity contribution < 1.29 is 22.7 Å². The molecule has 112 valence electrons. The standard InChI is InChI=1S/C11H8ClF3N4O2/c1-18(17-10(20)11(13,14)15)9-5-19(21)8-4-6(12)2-3-7(8)16-9/h2-5H,1H3,(H,17,20). The number of carbonyl (C=O) groups is 1. The highest BCUT2D eigenvalue weighted by Crippen LogP contribution is 2.18. The van der Waals surface area contributed by atoms with Gasteiger partial charge in [0.25, 0.3) is 0 Å². The Morgan fingerprint density at radius 3 is 2.76 bits per heavy atom. The number of hydrogen-bond donors (Lipinski definition) is 1. The number of alkyl halides is 3. The van der Waals surface area contributed by atoms with E-state index in [-0.39, 0.29) is 16.9 Å². The summed E-state index contributed by atoms with van der Waals surface area (Å²) in [6.45, 7) is 0. The van der Waals surface area contributed by atoms with Crippen LogP contribution in [0.4, 0.5) is 19.0 Å². The molecular weight excluding hydrogens is 313 g/mol. The van der Waals surface area contributed by atoms with Crippen LogP contribution in [0.1, 0.15) is 0 Å². The Morgan fingerprint density at radius 1 is 1.48 bits per heavy atom. The molecule has 0 unspecified atom stereocenters. The molecule has 0 atom stereocenters. The van der Waals surface area contributed by atoms with Crippen LogP contribution in [0.3, 0.4) is 0 Å². The fourth-order valence-electron chi connectivity index (χ4n) is 1.53. The third-order valence-corrected chi connectivity index (χ3v) is 2.75. The second-order valence-corrected chi connectivity index (χ2v) is 4.49. The van der Waals surface area contributed by atoms with Crippen molar-refractivity contribution in [3.63, 3.8) is 0 Å². The molecular formula is C11H8ClF3N4O2. The molecule has 0 fully saturated rings. The average molecular weight is 321 g/mol. The molecule has 10 heteroatoms. The second kappa shape index (κ2) is 5.24. The van der Waals surface area contributed by atoms with Gasteiger partial charge in [-0.2, -0.15) is 17.9 Å². The van der Waals surface area contributed by atoms with E-state index in [0.29, 0.717) is 14.8 Å². The first-order valence-electron chi connectivity index (χ1n) is 5.49. The number of fused-ring (bicyclic) bond motifs is 1. The quantitative estimate of drug-likeness (QED) is 0.518. The summed E-state index contributed by atoms with van der Waals surface area (Å²) < 4.78 is 36.9. The molecule has 6 nitrogen and oxygen atoms in total. The van der Waals surface area contributed by atoms with Gasteiger partial charge in [0.1, 0.15) is 5.52 Å². The molecule has 1 N–H and O–H groups in total. The maximum Gasteiger partial charge on any atom is 0.472 e. The van der Waals surface area contributed by atoms with Crippen LogP contribution in [0.2, 0.25) is 5.02 Å². The lowest BCUT2D eigenvalue weighted by Gasteiger charge is -2.19. The third-order valence-electron chi connectivity index (χ3n) is 2.51. The van der Waals surface area contributed by atoms with Crippen LogP contribution < -0.4 is 15.2 Å². The van der Waals surface area contributed by atoms with Crippen molar-refractivity contribution >= 4 is 34.4 Å². The highest BCUT2D eigenvalue weighted by molar-refractivity contribution is 6.31. The van der Waals surface area contributed by atoms with Crippen LogP contribution in [0.5, 0.6) is 0 Å². The number of carbonyl (C=O) groups excluding carboxylic acids is 1. The maximum absolute atomic E-state index is 12.2. The summed E-state index contributed by atoms with van der Waals surface area (Å²) in [7, 11) is 1.13. The predicted molar refractivity (Wildman–Crippen MR) is 68.3 cm³/mol. The highest BCUT2D eigenvalue weighted by Gasteiger charge is 2.39. The van der Waals surface area contributed by atoms with Crippen LogP contribution in [-0.4, -0.2) is 24.1 Å². The van der Waals surface area contributed by atoms with E-state index in [1.54, 1.807) is 5.43 Å². The summed E-state index contributed by atoms with van der Waals surface area (Å²) in [5, 5.41) is 12.8. The molecule has 0 radical (unpaired) electrons. The van der Waals surface area contributed by atoms with Gasteiger partial charge in [-0.15, -0.1) is 0 Å². The summed E-state index contributed by atoms with van der Waals surface area (Å²) in [5.74, 6) is -2.32. The Kier molecular flexibility index (Phi) is 3.77. The van der Waals surface area contributed by atoms with Crippen molar-refractivity contribution in [1.29, 1.82) is 0 Å². The van der Waals surface area contributed by atoms with Gasteiger partial charge in [0.05, 0.1) is 0 Å². The number of hydrazine groups is 1. The lowest BCUT2D eigenvalue weighted by Crippen LogP contribution is -2.47. The van der Waals surface area contributed by atoms with Crippen LogP contribution in [0.15, 0.2) is 24.4 Å². The summed E-state index contributed by atoms with van der Waals surface area (Å²) in [4.78, 5) is 14.8. The van der Waals surface area contributed by atoms with Gasteiger partial charge in [0, 0.05) is 18.1 Å². The molecule has 2 rings (SSSR count). The van der Waals surface area contributed by atoms with Gasteiger partial charge in [0.2, 0.25) is 17.5 Å². The number of anilines is 1. The fourth-order valence-corrected chi connectivity index (χ4v) is 1.70. The lowest BCUT2D eigenvalue weighted by atomic mass is 10.3. The van der Waals surface area contributed by atoms with Crippen molar-refractivity contribution in [3.05, 3.63) is 34.6 Å². The van der Waals surface area contributed by atoms with Crippen LogP contribution >= 0.6 is 11.6 Å². The molecule has 1 aromatic carbocycles. The first kappa shape index (κ1) is 15.1. The minimum atomic E-state index is -5.04. The number of hydrogen-bond acceptors (Lipinski definition) is 4. The van der Waals surface area contributed by atoms with Crippen LogP contribution in [0, 0.1) is 5.21 Å². The largest absolute Gasteiger partial charge is 0.618 e. The number of nitrogens with one attached hydrogen (secondary N) is 1. The van der Waals surface area contributed by atoms with E-state index in [9.17, 15) is 23.2 Å². The van der Waals surface area contributed by atoms with Crippen molar-refractivity contribution in [1.82, 2.24) is 10.4 Å². The molecule has 0 saturated heterocycles. The van der Waals surface area contributed by atoms with Crippen molar-refractivity contribution in [3.8, 4) is 0 Å². The molecule has 1 aromatic heterocycles. The van der Waals surface area contributed by atoms with E-state index in [2.05, 4.69) is 4.98 Å².